The van der Waals surface area contributed by atoms with Gasteiger partial charge in [0, 0.05) is 18.1 Å². The monoisotopic (exact) mass is 270 g/mol. The highest BCUT2D eigenvalue weighted by molar-refractivity contribution is 6.31. The number of hydrogen-bond donors (Lipinski definition) is 2. The number of aromatic hydroxyl groups is 1. The van der Waals surface area contributed by atoms with Crippen molar-refractivity contribution in [1.29, 1.82) is 0 Å². The molecule has 0 bridgehead atoms. The molecule has 18 heavy (non-hydrogen) atoms. The van der Waals surface area contributed by atoms with Gasteiger partial charge >= 0.3 is 0 Å². The Bertz CT molecular complexity index is 433. The van der Waals surface area contributed by atoms with E-state index < -0.39 is 0 Å². The molecule has 1 saturated heterocycles. The lowest BCUT2D eigenvalue weighted by molar-refractivity contribution is 0.0334. The van der Waals surface area contributed by atoms with E-state index in [0.29, 0.717) is 24.9 Å². The van der Waals surface area contributed by atoms with Gasteiger partial charge in [-0.05, 0) is 18.2 Å². The summed E-state index contributed by atoms with van der Waals surface area (Å²) in [5, 5.41) is 12.8. The van der Waals surface area contributed by atoms with Crippen LogP contribution in [0.3, 0.4) is 0 Å². The van der Waals surface area contributed by atoms with E-state index in [1.165, 1.54) is 18.2 Å². The Kier molecular flexibility index (Phi) is 4.41. The summed E-state index contributed by atoms with van der Waals surface area (Å²) in [4.78, 5) is 13.9. The number of phenolic OH excluding ortho intramolecular Hbond substituents is 1. The van der Waals surface area contributed by atoms with Gasteiger partial charge in [0.05, 0.1) is 25.4 Å². The molecule has 0 atom stereocenters. The van der Waals surface area contributed by atoms with Crippen LogP contribution in [0.2, 0.25) is 5.02 Å². The molecule has 0 radical (unpaired) electrons. The van der Waals surface area contributed by atoms with Gasteiger partial charge < -0.3 is 15.2 Å². The number of carbonyl (C=O) groups is 1. The second-order valence-electron chi connectivity index (χ2n) is 4.06. The maximum atomic E-state index is 11.9. The van der Waals surface area contributed by atoms with Gasteiger partial charge in [-0.15, -0.1) is 0 Å². The third-order valence-electron chi connectivity index (χ3n) is 2.77. The number of phenols is 1. The molecule has 2 rings (SSSR count). The van der Waals surface area contributed by atoms with Crippen molar-refractivity contribution in [3.63, 3.8) is 0 Å². The Hall–Kier alpha value is -1.30. The fourth-order valence-electron chi connectivity index (χ4n) is 1.73. The van der Waals surface area contributed by atoms with Crippen LogP contribution < -0.4 is 5.32 Å². The van der Waals surface area contributed by atoms with Crippen LogP contribution >= 0.6 is 11.6 Å². The molecule has 1 aromatic carbocycles. The second kappa shape index (κ2) is 6.04. The molecule has 1 aliphatic rings. The molecule has 0 saturated carbocycles. The molecule has 0 unspecified atom stereocenters. The highest BCUT2D eigenvalue weighted by atomic mass is 35.5. The number of carbonyl (C=O) groups excluding carboxylic acids is 1. The molecule has 1 aliphatic heterocycles. The van der Waals surface area contributed by atoms with E-state index in [0.717, 1.165) is 13.1 Å². The minimum absolute atomic E-state index is 0.0705. The van der Waals surface area contributed by atoms with E-state index in [1.54, 1.807) is 0 Å². The summed E-state index contributed by atoms with van der Waals surface area (Å²) in [7, 11) is 0. The van der Waals surface area contributed by atoms with E-state index in [-0.39, 0.29) is 17.2 Å². The van der Waals surface area contributed by atoms with E-state index >= 15 is 0 Å². The van der Waals surface area contributed by atoms with Gasteiger partial charge in [-0.2, -0.15) is 0 Å². The van der Waals surface area contributed by atoms with Crippen molar-refractivity contribution in [3.05, 3.63) is 28.8 Å². The minimum Gasteiger partial charge on any atom is -0.507 e. The summed E-state index contributed by atoms with van der Waals surface area (Å²) >= 11 is 5.79. The zero-order valence-corrected chi connectivity index (χ0v) is 10.6. The SMILES string of the molecule is O=C(NCN1CCOCC1)c1cc(Cl)ccc1O. The maximum absolute atomic E-state index is 11.9. The number of nitrogens with zero attached hydrogens (tertiary/aromatic N) is 1. The average molecular weight is 271 g/mol. The molecule has 1 fully saturated rings. The number of rotatable bonds is 3. The number of nitrogens with one attached hydrogen (secondary N) is 1. The van der Waals surface area contributed by atoms with E-state index in [1.807, 2.05) is 0 Å². The zero-order valence-electron chi connectivity index (χ0n) is 9.86. The predicted molar refractivity (Wildman–Crippen MR) is 67.8 cm³/mol. The molecule has 2 N–H and O–H groups in total. The summed E-state index contributed by atoms with van der Waals surface area (Å²) < 4.78 is 5.21. The zero-order chi connectivity index (χ0) is 13.0. The van der Waals surface area contributed by atoms with Crippen LogP contribution in [-0.4, -0.2) is 48.9 Å². The first-order valence-corrected chi connectivity index (χ1v) is 6.11. The molecule has 0 spiro atoms. The topological polar surface area (TPSA) is 61.8 Å². The van der Waals surface area contributed by atoms with E-state index in [9.17, 15) is 9.90 Å². The van der Waals surface area contributed by atoms with Crippen molar-refractivity contribution in [3.8, 4) is 5.75 Å². The lowest BCUT2D eigenvalue weighted by atomic mass is 10.2. The molecule has 0 aromatic heterocycles. The smallest absolute Gasteiger partial charge is 0.256 e. The largest absolute Gasteiger partial charge is 0.507 e. The summed E-state index contributed by atoms with van der Waals surface area (Å²) in [6.07, 6.45) is 0. The van der Waals surface area contributed by atoms with Crippen LogP contribution in [0.15, 0.2) is 18.2 Å². The second-order valence-corrected chi connectivity index (χ2v) is 4.49. The van der Waals surface area contributed by atoms with Crippen LogP contribution in [-0.2, 0) is 4.74 Å². The summed E-state index contributed by atoms with van der Waals surface area (Å²) in [6, 6.07) is 4.40. The Morgan fingerprint density at radius 3 is 2.89 bits per heavy atom. The number of amides is 1. The van der Waals surface area contributed by atoms with Gasteiger partial charge in [0.15, 0.2) is 0 Å². The summed E-state index contributed by atoms with van der Waals surface area (Å²) in [5.74, 6) is -0.402. The van der Waals surface area contributed by atoms with Gasteiger partial charge in [-0.3, -0.25) is 9.69 Å². The number of morpholine rings is 1. The first kappa shape index (κ1) is 13.1. The molecular weight excluding hydrogens is 256 g/mol. The van der Waals surface area contributed by atoms with Crippen molar-refractivity contribution in [2.24, 2.45) is 0 Å². The third-order valence-corrected chi connectivity index (χ3v) is 3.01. The van der Waals surface area contributed by atoms with Gasteiger partial charge in [0.1, 0.15) is 5.75 Å². The standard InChI is InChI=1S/C12H15ClN2O3/c13-9-1-2-11(16)10(7-9)12(17)14-8-15-3-5-18-6-4-15/h1-2,7,16H,3-6,8H2,(H,14,17). The quantitative estimate of drug-likeness (QED) is 0.862. The Morgan fingerprint density at radius 2 is 2.17 bits per heavy atom. The molecule has 1 heterocycles. The lowest BCUT2D eigenvalue weighted by Crippen LogP contribution is -2.43. The van der Waals surface area contributed by atoms with Crippen molar-refractivity contribution in [2.75, 3.05) is 33.0 Å². The Morgan fingerprint density at radius 1 is 1.44 bits per heavy atom. The predicted octanol–water partition coefficient (Wildman–Crippen LogP) is 1.07. The van der Waals surface area contributed by atoms with Crippen LogP contribution in [0.25, 0.3) is 0 Å². The summed E-state index contributed by atoms with van der Waals surface area (Å²) in [5.41, 5.74) is 0.191. The van der Waals surface area contributed by atoms with Crippen molar-refractivity contribution in [2.45, 2.75) is 0 Å². The molecule has 1 amide bonds. The third kappa shape index (κ3) is 3.35. The average Bonchev–Trinajstić information content (AvgIpc) is 2.40. The van der Waals surface area contributed by atoms with Crippen LogP contribution in [0.1, 0.15) is 10.4 Å². The molecule has 98 valence electrons. The van der Waals surface area contributed by atoms with Gasteiger partial charge in [0.25, 0.3) is 5.91 Å². The van der Waals surface area contributed by atoms with Gasteiger partial charge in [-0.1, -0.05) is 11.6 Å². The number of hydrogen-bond acceptors (Lipinski definition) is 4. The van der Waals surface area contributed by atoms with Crippen LogP contribution in [0.5, 0.6) is 5.75 Å². The highest BCUT2D eigenvalue weighted by Crippen LogP contribution is 2.21. The van der Waals surface area contributed by atoms with Gasteiger partial charge in [0.2, 0.25) is 0 Å². The fraction of sp³-hybridized carbons (Fsp3) is 0.417. The van der Waals surface area contributed by atoms with Crippen LogP contribution in [0, 0.1) is 0 Å². The fourth-order valence-corrected chi connectivity index (χ4v) is 1.90. The van der Waals surface area contributed by atoms with E-state index in [2.05, 4.69) is 10.2 Å². The lowest BCUT2D eigenvalue weighted by Gasteiger charge is -2.26. The number of halogens is 1. The first-order chi connectivity index (χ1) is 8.66. The van der Waals surface area contributed by atoms with Crippen molar-refractivity contribution < 1.29 is 14.6 Å². The maximum Gasteiger partial charge on any atom is 0.256 e. The Labute approximate surface area is 110 Å². The highest BCUT2D eigenvalue weighted by Gasteiger charge is 2.14. The molecular formula is C12H15ClN2O3. The molecule has 0 aliphatic carbocycles. The normalized spacial score (nSPS) is 16.5. The first-order valence-electron chi connectivity index (χ1n) is 5.73. The van der Waals surface area contributed by atoms with Crippen molar-refractivity contribution in [1.82, 2.24) is 10.2 Å². The number of ether oxygens (including phenoxy) is 1. The molecule has 1 aromatic rings. The Balaban J connectivity index is 1.92. The van der Waals surface area contributed by atoms with E-state index in [4.69, 9.17) is 16.3 Å². The number of benzene rings is 1. The minimum atomic E-state index is -0.332. The molecule has 5 nitrogen and oxygen atoms in total. The molecule has 6 heteroatoms. The van der Waals surface area contributed by atoms with Crippen molar-refractivity contribution >= 4 is 17.5 Å². The summed E-state index contributed by atoms with van der Waals surface area (Å²) in [6.45, 7) is 3.38. The van der Waals surface area contributed by atoms with Gasteiger partial charge in [-0.25, -0.2) is 0 Å². The van der Waals surface area contributed by atoms with Crippen LogP contribution in [0.4, 0.5) is 0 Å².